The van der Waals surface area contributed by atoms with Gasteiger partial charge in [0.15, 0.2) is 0 Å². The molecule has 0 saturated heterocycles. The third-order valence-electron chi connectivity index (χ3n) is 9.18. The fourth-order valence-corrected chi connectivity index (χ4v) is 7.23. The van der Waals surface area contributed by atoms with E-state index in [1.165, 1.54) is 51.4 Å². The topological polar surface area (TPSA) is 40.6 Å². The first-order valence-electron chi connectivity index (χ1n) is 16.3. The summed E-state index contributed by atoms with van der Waals surface area (Å²) >= 11 is 7.29. The van der Waals surface area contributed by atoms with E-state index in [4.69, 9.17) is 0 Å². The molecule has 2 aromatic rings. The molecule has 4 nitrogen and oxygen atoms in total. The molecular formula is C36H48Br2N2O2. The lowest BCUT2D eigenvalue weighted by molar-refractivity contribution is -0.114. The van der Waals surface area contributed by atoms with Crippen LogP contribution in [-0.4, -0.2) is 24.9 Å². The van der Waals surface area contributed by atoms with Crippen LogP contribution in [0.4, 0.5) is 11.4 Å². The number of hydrogen-bond acceptors (Lipinski definition) is 2. The van der Waals surface area contributed by atoms with Gasteiger partial charge in [-0.25, -0.2) is 0 Å². The Morgan fingerprint density at radius 2 is 1.00 bits per heavy atom. The smallest absolute Gasteiger partial charge is 0.259 e. The molecule has 0 saturated carbocycles. The Morgan fingerprint density at radius 3 is 1.36 bits per heavy atom. The SMILES string of the molecule is CCCCCCC(CC)CN1C(=O)/C(=C2\C(=O)N(CC(CC)CCCCCC)c3cc(Br)ccc32)c2ccc(Br)cc21. The lowest BCUT2D eigenvalue weighted by Crippen LogP contribution is -2.34. The monoisotopic (exact) mass is 698 g/mol. The van der Waals surface area contributed by atoms with Crippen molar-refractivity contribution in [1.29, 1.82) is 0 Å². The van der Waals surface area contributed by atoms with Gasteiger partial charge in [-0.05, 0) is 48.9 Å². The molecule has 228 valence electrons. The van der Waals surface area contributed by atoms with Gasteiger partial charge in [-0.3, -0.25) is 9.59 Å². The van der Waals surface area contributed by atoms with Gasteiger partial charge >= 0.3 is 0 Å². The molecule has 2 heterocycles. The van der Waals surface area contributed by atoms with Crippen LogP contribution in [0.15, 0.2) is 45.3 Å². The highest BCUT2D eigenvalue weighted by Gasteiger charge is 2.43. The molecule has 0 N–H and O–H groups in total. The average molecular weight is 701 g/mol. The van der Waals surface area contributed by atoms with Crippen LogP contribution < -0.4 is 9.80 Å². The molecule has 0 bridgehead atoms. The van der Waals surface area contributed by atoms with Gasteiger partial charge in [0.1, 0.15) is 0 Å². The maximum Gasteiger partial charge on any atom is 0.259 e. The second-order valence-electron chi connectivity index (χ2n) is 12.2. The van der Waals surface area contributed by atoms with Crippen LogP contribution in [0.25, 0.3) is 11.1 Å². The zero-order chi connectivity index (χ0) is 30.2. The highest BCUT2D eigenvalue weighted by molar-refractivity contribution is 9.10. The van der Waals surface area contributed by atoms with Crippen molar-refractivity contribution in [2.45, 2.75) is 105 Å². The Hall–Kier alpha value is -1.92. The van der Waals surface area contributed by atoms with E-state index in [1.54, 1.807) is 0 Å². The van der Waals surface area contributed by atoms with Crippen molar-refractivity contribution in [2.75, 3.05) is 22.9 Å². The average Bonchev–Trinajstić information content (AvgIpc) is 3.39. The van der Waals surface area contributed by atoms with E-state index in [0.717, 1.165) is 57.1 Å². The molecule has 42 heavy (non-hydrogen) atoms. The molecule has 2 aliphatic heterocycles. The van der Waals surface area contributed by atoms with Crippen LogP contribution >= 0.6 is 31.9 Å². The summed E-state index contributed by atoms with van der Waals surface area (Å²) in [5.41, 5.74) is 4.69. The Morgan fingerprint density at radius 1 is 0.595 bits per heavy atom. The van der Waals surface area contributed by atoms with Crippen LogP contribution in [0.3, 0.4) is 0 Å². The normalized spacial score (nSPS) is 17.7. The second-order valence-corrected chi connectivity index (χ2v) is 14.0. The van der Waals surface area contributed by atoms with Gasteiger partial charge in [-0.2, -0.15) is 0 Å². The zero-order valence-corrected chi connectivity index (χ0v) is 29.2. The fraction of sp³-hybridized carbons (Fsp3) is 0.556. The largest absolute Gasteiger partial charge is 0.307 e. The number of anilines is 2. The predicted octanol–water partition coefficient (Wildman–Crippen LogP) is 10.8. The first kappa shape index (κ1) is 33.0. The highest BCUT2D eigenvalue weighted by Crippen LogP contribution is 2.48. The van der Waals surface area contributed by atoms with Crippen molar-refractivity contribution in [3.63, 3.8) is 0 Å². The maximum atomic E-state index is 14.4. The van der Waals surface area contributed by atoms with Crippen molar-refractivity contribution in [3.05, 3.63) is 56.5 Å². The third kappa shape index (κ3) is 7.41. The molecule has 6 heteroatoms. The van der Waals surface area contributed by atoms with Crippen LogP contribution in [-0.2, 0) is 9.59 Å². The van der Waals surface area contributed by atoms with Crippen molar-refractivity contribution in [2.24, 2.45) is 11.8 Å². The number of unbranched alkanes of at least 4 members (excludes halogenated alkanes) is 6. The van der Waals surface area contributed by atoms with Gasteiger partial charge in [0, 0.05) is 33.2 Å². The molecule has 0 radical (unpaired) electrons. The Kier molecular flexibility index (Phi) is 12.3. The second kappa shape index (κ2) is 15.7. The summed E-state index contributed by atoms with van der Waals surface area (Å²) in [6.07, 6.45) is 14.1. The number of carbonyl (C=O) groups is 2. The molecule has 0 fully saturated rings. The van der Waals surface area contributed by atoms with E-state index in [0.29, 0.717) is 36.1 Å². The van der Waals surface area contributed by atoms with Crippen molar-refractivity contribution < 1.29 is 9.59 Å². The summed E-state index contributed by atoms with van der Waals surface area (Å²) in [5, 5.41) is 0. The lowest BCUT2D eigenvalue weighted by Gasteiger charge is -2.24. The van der Waals surface area contributed by atoms with Crippen molar-refractivity contribution >= 4 is 66.2 Å². The number of nitrogens with zero attached hydrogens (tertiary/aromatic N) is 2. The van der Waals surface area contributed by atoms with E-state index in [9.17, 15) is 9.59 Å². The van der Waals surface area contributed by atoms with Gasteiger partial charge in [-0.15, -0.1) is 0 Å². The molecule has 2 aromatic carbocycles. The minimum absolute atomic E-state index is 0.0409. The van der Waals surface area contributed by atoms with E-state index >= 15 is 0 Å². The minimum atomic E-state index is -0.0409. The van der Waals surface area contributed by atoms with Gasteiger partial charge < -0.3 is 9.80 Å². The molecular weight excluding hydrogens is 652 g/mol. The molecule has 0 aromatic heterocycles. The number of rotatable bonds is 16. The highest BCUT2D eigenvalue weighted by atomic mass is 79.9. The summed E-state index contributed by atoms with van der Waals surface area (Å²) in [7, 11) is 0. The summed E-state index contributed by atoms with van der Waals surface area (Å²) in [4.78, 5) is 32.6. The van der Waals surface area contributed by atoms with Crippen LogP contribution in [0, 0.1) is 11.8 Å². The molecule has 2 unspecified atom stereocenters. The van der Waals surface area contributed by atoms with Crippen LogP contribution in [0.5, 0.6) is 0 Å². The first-order chi connectivity index (χ1) is 20.3. The Labute approximate surface area is 270 Å². The number of carbonyl (C=O) groups excluding carboxylic acids is 2. The lowest BCUT2D eigenvalue weighted by atomic mass is 9.96. The summed E-state index contributed by atoms with van der Waals surface area (Å²) in [5.74, 6) is 0.777. The Bertz CT molecular complexity index is 1190. The molecule has 4 rings (SSSR count). The minimum Gasteiger partial charge on any atom is -0.307 e. The quantitative estimate of drug-likeness (QED) is 0.129. The van der Waals surface area contributed by atoms with E-state index < -0.39 is 0 Å². The van der Waals surface area contributed by atoms with Gasteiger partial charge in [0.05, 0.1) is 22.5 Å². The standard InChI is InChI=1S/C36H48Br2N2O2/c1-5-9-11-13-15-25(7-3)23-39-31-21-27(37)17-19-29(31)33(35(39)41)34-30-20-18-28(38)22-32(30)40(36(34)42)24-26(8-4)16-14-12-10-6-2/h17-22,25-26H,5-16,23-24H2,1-4H3/b34-33-. The maximum absolute atomic E-state index is 14.4. The first-order valence-corrected chi connectivity index (χ1v) is 17.9. The summed E-state index contributed by atoms with van der Waals surface area (Å²) in [6.45, 7) is 10.3. The number of hydrogen-bond donors (Lipinski definition) is 0. The summed E-state index contributed by atoms with van der Waals surface area (Å²) < 4.78 is 1.89. The van der Waals surface area contributed by atoms with Gasteiger partial charge in [-0.1, -0.05) is 136 Å². The van der Waals surface area contributed by atoms with Crippen molar-refractivity contribution in [1.82, 2.24) is 0 Å². The molecule has 2 aliphatic rings. The van der Waals surface area contributed by atoms with Crippen LogP contribution in [0.2, 0.25) is 0 Å². The molecule has 2 atom stereocenters. The number of halogens is 2. The number of amides is 2. The Balaban J connectivity index is 1.70. The van der Waals surface area contributed by atoms with Gasteiger partial charge in [0.25, 0.3) is 11.8 Å². The summed E-state index contributed by atoms with van der Waals surface area (Å²) in [6, 6.07) is 12.1. The number of benzene rings is 2. The predicted molar refractivity (Wildman–Crippen MR) is 185 cm³/mol. The molecule has 2 amide bonds. The van der Waals surface area contributed by atoms with Gasteiger partial charge in [0.2, 0.25) is 0 Å². The number of fused-ring (bicyclic) bond motifs is 2. The molecule has 0 aliphatic carbocycles. The third-order valence-corrected chi connectivity index (χ3v) is 10.2. The van der Waals surface area contributed by atoms with E-state index in [-0.39, 0.29) is 11.8 Å². The fourth-order valence-electron chi connectivity index (χ4n) is 6.53. The molecule has 0 spiro atoms. The van der Waals surface area contributed by atoms with Crippen molar-refractivity contribution in [3.8, 4) is 0 Å². The van der Waals surface area contributed by atoms with E-state index in [2.05, 4.69) is 59.6 Å². The van der Waals surface area contributed by atoms with Crippen LogP contribution in [0.1, 0.15) is 116 Å². The van der Waals surface area contributed by atoms with E-state index in [1.807, 2.05) is 46.2 Å². The zero-order valence-electron chi connectivity index (χ0n) is 26.0.